The Balaban J connectivity index is 0.00000160. The summed E-state index contributed by atoms with van der Waals surface area (Å²) in [5, 5.41) is 30.3. The van der Waals surface area contributed by atoms with Crippen LogP contribution in [0.25, 0.3) is 0 Å². The van der Waals surface area contributed by atoms with Crippen molar-refractivity contribution in [2.24, 2.45) is 5.92 Å². The molecule has 2 saturated heterocycles. The minimum Gasteiger partial charge on any atom is -1.00 e. The van der Waals surface area contributed by atoms with Crippen LogP contribution in [0.15, 0.2) is 47.7 Å². The van der Waals surface area contributed by atoms with Crippen molar-refractivity contribution in [1.82, 2.24) is 9.80 Å². The van der Waals surface area contributed by atoms with Gasteiger partial charge in [-0.2, -0.15) is 5.26 Å². The Hall–Kier alpha value is -2.80. The molecule has 1 aromatic rings. The zero-order valence-corrected chi connectivity index (χ0v) is 17.6. The molecule has 144 valence electrons. The average molecular weight is 404 g/mol. The quantitative estimate of drug-likeness (QED) is 0.240. The molecule has 0 radical (unpaired) electrons. The van der Waals surface area contributed by atoms with E-state index in [-0.39, 0.29) is 54.4 Å². The number of urea groups is 1. The van der Waals surface area contributed by atoms with Crippen molar-refractivity contribution in [1.29, 1.82) is 5.26 Å². The summed E-state index contributed by atoms with van der Waals surface area (Å²) >= 11 is 0. The summed E-state index contributed by atoms with van der Waals surface area (Å²) in [6, 6.07) is 6.26. The predicted octanol–water partition coefficient (Wildman–Crippen LogP) is -1.63. The van der Waals surface area contributed by atoms with Gasteiger partial charge in [-0.05, 0) is 42.3 Å². The average Bonchev–Trinajstić information content (AvgIpc) is 3.03. The van der Waals surface area contributed by atoms with Crippen LogP contribution in [0.1, 0.15) is 7.85 Å². The van der Waals surface area contributed by atoms with E-state index in [1.807, 2.05) is 6.07 Å². The van der Waals surface area contributed by atoms with E-state index in [4.69, 9.17) is 5.26 Å². The first-order valence-corrected chi connectivity index (χ1v) is 8.64. The van der Waals surface area contributed by atoms with Gasteiger partial charge in [0.1, 0.15) is 17.5 Å². The van der Waals surface area contributed by atoms with Crippen molar-refractivity contribution in [3.8, 4) is 11.8 Å². The molecule has 3 N–H and O–H groups in total. The Morgan fingerprint density at radius 2 is 2.00 bits per heavy atom. The topological polar surface area (TPSA) is 134 Å². The maximum absolute atomic E-state index is 12.7. The first-order chi connectivity index (χ1) is 13.4. The fourth-order valence-electron chi connectivity index (χ4n) is 4.21. The molecular weight excluding hydrogens is 387 g/mol. The summed E-state index contributed by atoms with van der Waals surface area (Å²) in [5.41, 5.74) is 0.765. The van der Waals surface area contributed by atoms with E-state index in [9.17, 15) is 24.6 Å². The molecule has 3 atom stereocenters. The molecule has 3 heterocycles. The van der Waals surface area contributed by atoms with E-state index in [0.717, 1.165) is 0 Å². The van der Waals surface area contributed by atoms with Crippen LogP contribution < -0.4 is 34.9 Å². The Kier molecular flexibility index (Phi) is 5.71. The Bertz CT molecular complexity index is 988. The Morgan fingerprint density at radius 3 is 2.62 bits per heavy atom. The third kappa shape index (κ3) is 3.40. The van der Waals surface area contributed by atoms with Gasteiger partial charge in [0.15, 0.2) is 0 Å². The number of nitrogens with one attached hydrogen (secondary N) is 1. The van der Waals surface area contributed by atoms with Crippen molar-refractivity contribution in [2.75, 3.05) is 11.9 Å². The minimum atomic E-state index is -1.23. The van der Waals surface area contributed by atoms with Gasteiger partial charge < -0.3 is 21.9 Å². The predicted molar refractivity (Wildman–Crippen MR) is 96.9 cm³/mol. The van der Waals surface area contributed by atoms with Gasteiger partial charge in [0.05, 0.1) is 12.1 Å². The van der Waals surface area contributed by atoms with Crippen LogP contribution in [-0.2, 0) is 9.59 Å². The molecule has 9 nitrogen and oxygen atoms in total. The van der Waals surface area contributed by atoms with Crippen molar-refractivity contribution in [3.63, 3.8) is 0 Å². The molecule has 10 heteroatoms. The largest absolute Gasteiger partial charge is 1.00 e. The molecule has 0 spiro atoms. The number of aliphatic carboxylic acids is 1. The number of carbonyl (C=O) groups excluding carboxylic acids is 2. The second kappa shape index (κ2) is 7.91. The van der Waals surface area contributed by atoms with E-state index in [1.165, 1.54) is 34.1 Å². The van der Waals surface area contributed by atoms with Crippen molar-refractivity contribution in [2.45, 2.75) is 18.5 Å². The van der Waals surface area contributed by atoms with Gasteiger partial charge in [0, 0.05) is 24.2 Å². The van der Waals surface area contributed by atoms with E-state index in [2.05, 4.69) is 5.32 Å². The number of aromatic hydroxyl groups is 1. The van der Waals surface area contributed by atoms with Crippen LogP contribution in [0.5, 0.6) is 5.75 Å². The van der Waals surface area contributed by atoms with Crippen LogP contribution in [0.2, 0.25) is 0 Å². The van der Waals surface area contributed by atoms with E-state index in [0.29, 0.717) is 24.2 Å². The number of phenols is 1. The number of rotatable bonds is 3. The number of phenolic OH excluding ortho intramolecular Hbond substituents is 1. The third-order valence-corrected chi connectivity index (χ3v) is 5.33. The third-order valence-electron chi connectivity index (χ3n) is 5.33. The number of carboxylic acids is 1. The Morgan fingerprint density at radius 1 is 1.31 bits per heavy atom. The fourth-order valence-corrected chi connectivity index (χ4v) is 4.21. The molecule has 3 aliphatic rings. The van der Waals surface area contributed by atoms with Gasteiger partial charge >= 0.3 is 41.6 Å². The monoisotopic (exact) mass is 404 g/mol. The van der Waals surface area contributed by atoms with Crippen LogP contribution in [0.4, 0.5) is 10.5 Å². The number of hydrogen-bond donors (Lipinski definition) is 3. The molecule has 4 rings (SSSR count). The first-order valence-electron chi connectivity index (χ1n) is 8.64. The number of likely N-dealkylation sites (tertiary alicyclic amines) is 1. The minimum absolute atomic E-state index is 0. The summed E-state index contributed by atoms with van der Waals surface area (Å²) < 4.78 is 0. The summed E-state index contributed by atoms with van der Waals surface area (Å²) in [6.45, 7) is 0.304. The van der Waals surface area contributed by atoms with E-state index < -0.39 is 23.9 Å². The number of nitrogens with zero attached hydrogens (tertiary/aromatic N) is 3. The smallest absolute Gasteiger partial charge is 1.00 e. The molecule has 1 aromatic carbocycles. The molecule has 3 aliphatic heterocycles. The maximum Gasteiger partial charge on any atom is 1.00 e. The standard InChI is InChI=1S/C19H16N4O5.Na.H/c20-7-1-2-10-8-11-9-22(19(28)21-12-3-5-13(24)6-4-12)16-14(11)23(17(16)25)15(10)18(26)27;;/h1-6,11,14,16,24H,8-9H2,(H,21,28)(H,26,27);;/q;+1;-1/b2-1-;;/t11-,14-,16+;;/m1../s1. The van der Waals surface area contributed by atoms with Crippen LogP contribution in [0.3, 0.4) is 0 Å². The molecule has 0 saturated carbocycles. The Labute approximate surface area is 189 Å². The summed E-state index contributed by atoms with van der Waals surface area (Å²) in [6.07, 6.45) is 2.97. The van der Waals surface area contributed by atoms with Crippen LogP contribution in [0, 0.1) is 17.2 Å². The van der Waals surface area contributed by atoms with Gasteiger partial charge in [-0.1, -0.05) is 0 Å². The molecule has 0 aromatic heterocycles. The number of allylic oxidation sites excluding steroid dienone is 3. The second-order valence-corrected chi connectivity index (χ2v) is 6.88. The number of benzene rings is 1. The molecule has 0 aliphatic carbocycles. The summed E-state index contributed by atoms with van der Waals surface area (Å²) in [4.78, 5) is 39.7. The van der Waals surface area contributed by atoms with Crippen molar-refractivity contribution >= 4 is 23.6 Å². The van der Waals surface area contributed by atoms with E-state index in [1.54, 1.807) is 12.1 Å². The normalized spacial score (nSPS) is 24.5. The zero-order chi connectivity index (χ0) is 20.0. The van der Waals surface area contributed by atoms with Crippen LogP contribution >= 0.6 is 0 Å². The summed E-state index contributed by atoms with van der Waals surface area (Å²) in [5.74, 6) is -1.70. The summed E-state index contributed by atoms with van der Waals surface area (Å²) in [7, 11) is 0. The van der Waals surface area contributed by atoms with Gasteiger partial charge in [-0.25, -0.2) is 9.59 Å². The molecule has 3 amide bonds. The number of carboxylic acid groups (broad SMARTS) is 1. The first kappa shape index (κ1) is 20.9. The fraction of sp³-hybridized carbons (Fsp3) is 0.263. The number of anilines is 1. The number of hydrogen-bond acceptors (Lipinski definition) is 5. The van der Waals surface area contributed by atoms with Gasteiger partial charge in [-0.15, -0.1) is 0 Å². The van der Waals surface area contributed by atoms with Gasteiger partial charge in [0.2, 0.25) is 0 Å². The number of nitriles is 1. The molecular formula is C19H17N4NaO5. The molecule has 29 heavy (non-hydrogen) atoms. The second-order valence-electron chi connectivity index (χ2n) is 6.88. The van der Waals surface area contributed by atoms with Crippen molar-refractivity contribution in [3.05, 3.63) is 47.7 Å². The molecule has 0 bridgehead atoms. The number of amides is 3. The number of β-lactam (4-membered cyclic amide) rings is 1. The number of carbonyl (C=O) groups is 3. The van der Waals surface area contributed by atoms with E-state index >= 15 is 0 Å². The maximum atomic E-state index is 12.7. The van der Waals surface area contributed by atoms with Crippen LogP contribution in [-0.4, -0.2) is 56.5 Å². The molecule has 0 unspecified atom stereocenters. The SMILES string of the molecule is N#C/C=C\C1=C(C(=O)O)N2C(=O)[C@@H]3[C@H]2[C@H](C1)CN3C(=O)Nc1ccc(O)cc1.[H-].[Na+]. The zero-order valence-electron chi connectivity index (χ0n) is 16.6. The van der Waals surface area contributed by atoms with Gasteiger partial charge in [-0.3, -0.25) is 9.69 Å². The van der Waals surface area contributed by atoms with Gasteiger partial charge in [0.25, 0.3) is 5.91 Å². The van der Waals surface area contributed by atoms with Crippen molar-refractivity contribution < 1.29 is 55.6 Å². The molecule has 2 fully saturated rings.